The third-order valence-corrected chi connectivity index (χ3v) is 3.83. The standard InChI is InChI=1S/C14H15NO3S/c1-10-6-8-11(9-7-10)18-12-4-3-5-13(14(12)15)19(2,16)17/h3-9H,15H2,1-2H3. The van der Waals surface area contributed by atoms with Gasteiger partial charge in [0, 0.05) is 6.26 Å². The predicted octanol–water partition coefficient (Wildman–Crippen LogP) is 2.77. The fraction of sp³-hybridized carbons (Fsp3) is 0.143. The summed E-state index contributed by atoms with van der Waals surface area (Å²) in [4.78, 5) is 0.0807. The summed E-state index contributed by atoms with van der Waals surface area (Å²) in [6.45, 7) is 1.97. The Morgan fingerprint density at radius 1 is 1.05 bits per heavy atom. The number of sulfone groups is 1. The molecule has 2 aromatic carbocycles. The first kappa shape index (κ1) is 13.4. The number of ether oxygens (including phenoxy) is 1. The van der Waals surface area contributed by atoms with Gasteiger partial charge in [0.25, 0.3) is 0 Å². The lowest BCUT2D eigenvalue weighted by atomic mass is 10.2. The molecule has 0 unspecified atom stereocenters. The topological polar surface area (TPSA) is 69.4 Å². The van der Waals surface area contributed by atoms with E-state index in [9.17, 15) is 8.42 Å². The van der Waals surface area contributed by atoms with Crippen LogP contribution in [0.1, 0.15) is 5.56 Å². The molecule has 19 heavy (non-hydrogen) atoms. The molecule has 0 amide bonds. The summed E-state index contributed by atoms with van der Waals surface area (Å²) >= 11 is 0. The number of nitrogen functional groups attached to an aromatic ring is 1. The molecule has 0 heterocycles. The van der Waals surface area contributed by atoms with E-state index in [0.717, 1.165) is 11.8 Å². The Morgan fingerprint density at radius 2 is 1.68 bits per heavy atom. The van der Waals surface area contributed by atoms with Crippen molar-refractivity contribution in [1.29, 1.82) is 0 Å². The van der Waals surface area contributed by atoms with Gasteiger partial charge in [0.05, 0.1) is 10.6 Å². The smallest absolute Gasteiger partial charge is 0.177 e. The van der Waals surface area contributed by atoms with Crippen molar-refractivity contribution in [3.05, 3.63) is 48.0 Å². The highest BCUT2D eigenvalue weighted by Gasteiger charge is 2.15. The van der Waals surface area contributed by atoms with Crippen LogP contribution < -0.4 is 10.5 Å². The van der Waals surface area contributed by atoms with Gasteiger partial charge < -0.3 is 10.5 Å². The average Bonchev–Trinajstić information content (AvgIpc) is 2.33. The zero-order valence-corrected chi connectivity index (χ0v) is 11.6. The molecular formula is C14H15NO3S. The molecule has 2 aromatic rings. The average molecular weight is 277 g/mol. The molecule has 0 aliphatic rings. The number of para-hydroxylation sites is 1. The first-order valence-electron chi connectivity index (χ1n) is 5.71. The zero-order chi connectivity index (χ0) is 14.0. The summed E-state index contributed by atoms with van der Waals surface area (Å²) in [6.07, 6.45) is 1.12. The molecule has 2 N–H and O–H groups in total. The Kier molecular flexibility index (Phi) is 3.48. The number of rotatable bonds is 3. The van der Waals surface area contributed by atoms with Gasteiger partial charge in [0.15, 0.2) is 15.6 Å². The van der Waals surface area contributed by atoms with Crippen molar-refractivity contribution in [1.82, 2.24) is 0 Å². The van der Waals surface area contributed by atoms with Gasteiger partial charge in [-0.1, -0.05) is 23.8 Å². The molecule has 0 aliphatic carbocycles. The van der Waals surface area contributed by atoms with Gasteiger partial charge in [0.2, 0.25) is 0 Å². The van der Waals surface area contributed by atoms with Gasteiger partial charge in [-0.25, -0.2) is 8.42 Å². The number of hydrogen-bond donors (Lipinski definition) is 1. The van der Waals surface area contributed by atoms with Crippen molar-refractivity contribution < 1.29 is 13.2 Å². The third-order valence-electron chi connectivity index (χ3n) is 2.67. The Hall–Kier alpha value is -2.01. The number of anilines is 1. The van der Waals surface area contributed by atoms with Crippen molar-refractivity contribution in [2.45, 2.75) is 11.8 Å². The van der Waals surface area contributed by atoms with Crippen LogP contribution in [0, 0.1) is 6.92 Å². The zero-order valence-electron chi connectivity index (χ0n) is 10.8. The lowest BCUT2D eigenvalue weighted by Gasteiger charge is -2.11. The van der Waals surface area contributed by atoms with Gasteiger partial charge in [-0.05, 0) is 31.2 Å². The summed E-state index contributed by atoms with van der Waals surface area (Å²) in [5.74, 6) is 0.953. The van der Waals surface area contributed by atoms with Crippen molar-refractivity contribution in [2.24, 2.45) is 0 Å². The molecule has 0 radical (unpaired) electrons. The summed E-state index contributed by atoms with van der Waals surface area (Å²) < 4.78 is 28.7. The molecule has 0 spiro atoms. The van der Waals surface area contributed by atoms with Gasteiger partial charge in [-0.3, -0.25) is 0 Å². The van der Waals surface area contributed by atoms with Gasteiger partial charge in [-0.2, -0.15) is 0 Å². The van der Waals surface area contributed by atoms with Crippen molar-refractivity contribution in [3.63, 3.8) is 0 Å². The van der Waals surface area contributed by atoms with E-state index < -0.39 is 9.84 Å². The van der Waals surface area contributed by atoms with E-state index in [-0.39, 0.29) is 10.6 Å². The van der Waals surface area contributed by atoms with Crippen LogP contribution in [0.25, 0.3) is 0 Å². The van der Waals surface area contributed by atoms with Crippen molar-refractivity contribution >= 4 is 15.5 Å². The van der Waals surface area contributed by atoms with Crippen LogP contribution in [-0.2, 0) is 9.84 Å². The monoisotopic (exact) mass is 277 g/mol. The SMILES string of the molecule is Cc1ccc(Oc2cccc(S(C)(=O)=O)c2N)cc1. The highest BCUT2D eigenvalue weighted by molar-refractivity contribution is 7.90. The molecule has 0 saturated heterocycles. The Morgan fingerprint density at radius 3 is 2.26 bits per heavy atom. The predicted molar refractivity (Wildman–Crippen MR) is 75.2 cm³/mol. The van der Waals surface area contributed by atoms with Crippen LogP contribution in [0.3, 0.4) is 0 Å². The van der Waals surface area contributed by atoms with E-state index in [1.54, 1.807) is 12.1 Å². The van der Waals surface area contributed by atoms with Gasteiger partial charge in [-0.15, -0.1) is 0 Å². The van der Waals surface area contributed by atoms with E-state index >= 15 is 0 Å². The Bertz CT molecular complexity index is 691. The van der Waals surface area contributed by atoms with Crippen molar-refractivity contribution in [3.8, 4) is 11.5 Å². The van der Waals surface area contributed by atoms with Crippen LogP contribution >= 0.6 is 0 Å². The highest BCUT2D eigenvalue weighted by atomic mass is 32.2. The molecule has 100 valence electrons. The molecule has 0 aliphatic heterocycles. The molecule has 0 fully saturated rings. The maximum atomic E-state index is 11.6. The van der Waals surface area contributed by atoms with Gasteiger partial charge >= 0.3 is 0 Å². The van der Waals surface area contributed by atoms with E-state index in [2.05, 4.69) is 0 Å². The maximum absolute atomic E-state index is 11.6. The number of hydrogen-bond acceptors (Lipinski definition) is 4. The summed E-state index contributed by atoms with van der Waals surface area (Å²) in [5, 5.41) is 0. The third kappa shape index (κ3) is 3.06. The Balaban J connectivity index is 2.39. The summed E-state index contributed by atoms with van der Waals surface area (Å²) in [6, 6.07) is 12.1. The van der Waals surface area contributed by atoms with Gasteiger partial charge in [0.1, 0.15) is 5.75 Å². The lowest BCUT2D eigenvalue weighted by Crippen LogP contribution is -2.03. The van der Waals surface area contributed by atoms with E-state index in [1.165, 1.54) is 6.07 Å². The number of benzene rings is 2. The molecule has 2 rings (SSSR count). The fourth-order valence-corrected chi connectivity index (χ4v) is 2.50. The minimum absolute atomic E-state index is 0.0807. The second-order valence-corrected chi connectivity index (χ2v) is 6.34. The lowest BCUT2D eigenvalue weighted by molar-refractivity contribution is 0.483. The minimum Gasteiger partial charge on any atom is -0.455 e. The molecule has 4 nitrogen and oxygen atoms in total. The first-order valence-corrected chi connectivity index (χ1v) is 7.60. The van der Waals surface area contributed by atoms with Crippen LogP contribution in [0.15, 0.2) is 47.4 Å². The van der Waals surface area contributed by atoms with Crippen LogP contribution in [-0.4, -0.2) is 14.7 Å². The number of nitrogens with two attached hydrogens (primary N) is 1. The van der Waals surface area contributed by atoms with Crippen LogP contribution in [0.5, 0.6) is 11.5 Å². The number of aryl methyl sites for hydroxylation is 1. The minimum atomic E-state index is -3.36. The van der Waals surface area contributed by atoms with Crippen LogP contribution in [0.4, 0.5) is 5.69 Å². The Labute approximate surface area is 112 Å². The molecular weight excluding hydrogens is 262 g/mol. The summed E-state index contributed by atoms with van der Waals surface area (Å²) in [5.41, 5.74) is 7.09. The van der Waals surface area contributed by atoms with E-state index in [4.69, 9.17) is 10.5 Å². The van der Waals surface area contributed by atoms with E-state index in [0.29, 0.717) is 11.5 Å². The molecule has 5 heteroatoms. The molecule has 0 atom stereocenters. The molecule has 0 bridgehead atoms. The first-order chi connectivity index (χ1) is 8.88. The molecule has 0 saturated carbocycles. The highest BCUT2D eigenvalue weighted by Crippen LogP contribution is 2.32. The second kappa shape index (κ2) is 4.93. The molecule has 0 aromatic heterocycles. The second-order valence-electron chi connectivity index (χ2n) is 4.36. The fourth-order valence-electron chi connectivity index (χ4n) is 1.67. The van der Waals surface area contributed by atoms with Crippen LogP contribution in [0.2, 0.25) is 0 Å². The normalized spacial score (nSPS) is 11.3. The quantitative estimate of drug-likeness (QED) is 0.876. The maximum Gasteiger partial charge on any atom is 0.177 e. The largest absolute Gasteiger partial charge is 0.455 e. The summed E-state index contributed by atoms with van der Waals surface area (Å²) in [7, 11) is -3.36. The van der Waals surface area contributed by atoms with E-state index in [1.807, 2.05) is 31.2 Å². The van der Waals surface area contributed by atoms with Crippen molar-refractivity contribution in [2.75, 3.05) is 12.0 Å².